The summed E-state index contributed by atoms with van der Waals surface area (Å²) in [5, 5.41) is 11.2. The van der Waals surface area contributed by atoms with Crippen LogP contribution in [-0.2, 0) is 9.53 Å². The lowest BCUT2D eigenvalue weighted by Gasteiger charge is -2.14. The first-order chi connectivity index (χ1) is 13.1. The number of aromatic amines is 1. The number of pyridine rings is 1. The van der Waals surface area contributed by atoms with Crippen molar-refractivity contribution in [1.82, 2.24) is 15.2 Å². The number of nitrogens with zero attached hydrogens (tertiary/aromatic N) is 2. The maximum Gasteiger partial charge on any atom is 0.338 e. The standard InChI is InChI=1S/C20H16N4O3/c1-12(27-20(26)13-7-8-14-11-22-24-18(14)10-13)19(25)23-17-6-2-5-16-15(17)4-3-9-21-16/h2-12H,1H3,(H,22,24)(H,23,25). The molecular formula is C20H16N4O3. The van der Waals surface area contributed by atoms with Crippen molar-refractivity contribution in [3.05, 3.63) is 66.5 Å². The zero-order chi connectivity index (χ0) is 18.8. The van der Waals surface area contributed by atoms with E-state index in [1.807, 2.05) is 12.1 Å². The van der Waals surface area contributed by atoms with Crippen LogP contribution in [0, 0.1) is 0 Å². The highest BCUT2D eigenvalue weighted by atomic mass is 16.5. The van der Waals surface area contributed by atoms with Crippen molar-refractivity contribution in [1.29, 1.82) is 0 Å². The first-order valence-electron chi connectivity index (χ1n) is 8.40. The van der Waals surface area contributed by atoms with Crippen molar-refractivity contribution < 1.29 is 14.3 Å². The third-order valence-corrected chi connectivity index (χ3v) is 4.23. The van der Waals surface area contributed by atoms with E-state index in [9.17, 15) is 9.59 Å². The van der Waals surface area contributed by atoms with Crippen molar-refractivity contribution in [2.75, 3.05) is 5.32 Å². The molecule has 0 saturated carbocycles. The van der Waals surface area contributed by atoms with E-state index < -0.39 is 18.0 Å². The summed E-state index contributed by atoms with van der Waals surface area (Å²) in [5.74, 6) is -0.990. The highest BCUT2D eigenvalue weighted by Crippen LogP contribution is 2.22. The summed E-state index contributed by atoms with van der Waals surface area (Å²) in [4.78, 5) is 29.1. The van der Waals surface area contributed by atoms with E-state index >= 15 is 0 Å². The highest BCUT2D eigenvalue weighted by molar-refractivity contribution is 6.03. The Morgan fingerprint density at radius 1 is 1.15 bits per heavy atom. The molecule has 2 aromatic heterocycles. The minimum Gasteiger partial charge on any atom is -0.449 e. The van der Waals surface area contributed by atoms with Gasteiger partial charge in [-0.05, 0) is 43.3 Å². The number of aromatic nitrogens is 3. The van der Waals surface area contributed by atoms with Crippen LogP contribution in [0.25, 0.3) is 21.8 Å². The van der Waals surface area contributed by atoms with E-state index in [1.54, 1.807) is 48.8 Å². The fourth-order valence-electron chi connectivity index (χ4n) is 2.79. The van der Waals surface area contributed by atoms with Crippen LogP contribution >= 0.6 is 0 Å². The number of hydrogen-bond donors (Lipinski definition) is 2. The van der Waals surface area contributed by atoms with Gasteiger partial charge in [0.1, 0.15) is 0 Å². The van der Waals surface area contributed by atoms with Gasteiger partial charge in [0.25, 0.3) is 5.91 Å². The maximum absolute atomic E-state index is 12.5. The Labute approximate surface area is 154 Å². The minimum absolute atomic E-state index is 0.348. The molecule has 0 fully saturated rings. The largest absolute Gasteiger partial charge is 0.449 e. The van der Waals surface area contributed by atoms with Crippen LogP contribution in [0.1, 0.15) is 17.3 Å². The first-order valence-corrected chi connectivity index (χ1v) is 8.40. The van der Waals surface area contributed by atoms with E-state index in [2.05, 4.69) is 20.5 Å². The van der Waals surface area contributed by atoms with Crippen LogP contribution in [0.3, 0.4) is 0 Å². The van der Waals surface area contributed by atoms with E-state index in [4.69, 9.17) is 4.74 Å². The van der Waals surface area contributed by atoms with Gasteiger partial charge in [0.05, 0.1) is 28.5 Å². The van der Waals surface area contributed by atoms with Crippen LogP contribution in [0.5, 0.6) is 0 Å². The average molecular weight is 360 g/mol. The van der Waals surface area contributed by atoms with Crippen molar-refractivity contribution in [3.8, 4) is 0 Å². The SMILES string of the molecule is CC(OC(=O)c1ccc2cn[nH]c2c1)C(=O)Nc1cccc2ncccc12. The predicted molar refractivity (Wildman–Crippen MR) is 101 cm³/mol. The molecule has 2 heterocycles. The number of benzene rings is 2. The van der Waals surface area contributed by atoms with Gasteiger partial charge in [0.15, 0.2) is 6.10 Å². The Morgan fingerprint density at radius 3 is 2.93 bits per heavy atom. The molecule has 1 amide bonds. The quantitative estimate of drug-likeness (QED) is 0.544. The normalized spacial score (nSPS) is 12.0. The molecule has 0 bridgehead atoms. The summed E-state index contributed by atoms with van der Waals surface area (Å²) < 4.78 is 5.31. The zero-order valence-electron chi connectivity index (χ0n) is 14.5. The molecule has 0 radical (unpaired) electrons. The second-order valence-electron chi connectivity index (χ2n) is 6.08. The second kappa shape index (κ2) is 6.87. The van der Waals surface area contributed by atoms with Crippen LogP contribution in [-0.4, -0.2) is 33.2 Å². The van der Waals surface area contributed by atoms with E-state index in [1.165, 1.54) is 6.92 Å². The number of esters is 1. The molecule has 0 aliphatic carbocycles. The molecule has 4 aromatic rings. The molecule has 2 aromatic carbocycles. The Morgan fingerprint density at radius 2 is 2.04 bits per heavy atom. The van der Waals surface area contributed by atoms with Crippen molar-refractivity contribution >= 4 is 39.4 Å². The number of amides is 1. The van der Waals surface area contributed by atoms with Gasteiger partial charge < -0.3 is 10.1 Å². The van der Waals surface area contributed by atoms with Crippen LogP contribution in [0.4, 0.5) is 5.69 Å². The van der Waals surface area contributed by atoms with E-state index in [-0.39, 0.29) is 0 Å². The number of H-pyrrole nitrogens is 1. The molecule has 0 saturated heterocycles. The molecule has 0 aliphatic rings. The zero-order valence-corrected chi connectivity index (χ0v) is 14.5. The Kier molecular flexibility index (Phi) is 4.25. The lowest BCUT2D eigenvalue weighted by Crippen LogP contribution is -2.30. The number of carbonyl (C=O) groups excluding carboxylic acids is 2. The van der Waals surface area contributed by atoms with Gasteiger partial charge in [0, 0.05) is 17.0 Å². The molecule has 7 heteroatoms. The Balaban J connectivity index is 1.47. The fraction of sp³-hybridized carbons (Fsp3) is 0.100. The van der Waals surface area contributed by atoms with Gasteiger partial charge in [0.2, 0.25) is 0 Å². The molecule has 27 heavy (non-hydrogen) atoms. The van der Waals surface area contributed by atoms with Crippen LogP contribution in [0.15, 0.2) is 60.9 Å². The van der Waals surface area contributed by atoms with Crippen molar-refractivity contribution in [2.24, 2.45) is 0 Å². The molecule has 7 nitrogen and oxygen atoms in total. The summed E-state index contributed by atoms with van der Waals surface area (Å²) in [5.41, 5.74) is 2.46. The molecule has 0 aliphatic heterocycles. The van der Waals surface area contributed by atoms with Gasteiger partial charge in [-0.25, -0.2) is 4.79 Å². The van der Waals surface area contributed by atoms with Crippen LogP contribution < -0.4 is 5.32 Å². The second-order valence-corrected chi connectivity index (χ2v) is 6.08. The van der Waals surface area contributed by atoms with Crippen molar-refractivity contribution in [2.45, 2.75) is 13.0 Å². The minimum atomic E-state index is -0.957. The highest BCUT2D eigenvalue weighted by Gasteiger charge is 2.20. The van der Waals surface area contributed by atoms with Gasteiger partial charge in [-0.3, -0.25) is 14.9 Å². The van der Waals surface area contributed by atoms with Crippen molar-refractivity contribution in [3.63, 3.8) is 0 Å². The molecule has 0 spiro atoms. The smallest absolute Gasteiger partial charge is 0.338 e. The maximum atomic E-state index is 12.5. The fourth-order valence-corrected chi connectivity index (χ4v) is 2.79. The van der Waals surface area contributed by atoms with E-state index in [0.717, 1.165) is 21.8 Å². The van der Waals surface area contributed by atoms with Crippen LogP contribution in [0.2, 0.25) is 0 Å². The number of ether oxygens (including phenoxy) is 1. The summed E-state index contributed by atoms with van der Waals surface area (Å²) in [7, 11) is 0. The molecule has 134 valence electrons. The molecule has 1 atom stereocenters. The number of fused-ring (bicyclic) bond motifs is 2. The van der Waals surface area contributed by atoms with Gasteiger partial charge >= 0.3 is 5.97 Å². The third kappa shape index (κ3) is 3.35. The monoisotopic (exact) mass is 360 g/mol. The summed E-state index contributed by atoms with van der Waals surface area (Å²) in [6.45, 7) is 1.53. The number of nitrogens with one attached hydrogen (secondary N) is 2. The Bertz CT molecular complexity index is 1150. The molecule has 4 rings (SSSR count). The van der Waals surface area contributed by atoms with Gasteiger partial charge in [-0.1, -0.05) is 12.1 Å². The van der Waals surface area contributed by atoms with E-state index in [0.29, 0.717) is 11.3 Å². The number of rotatable bonds is 4. The number of carbonyl (C=O) groups is 2. The Hall–Kier alpha value is -3.74. The number of anilines is 1. The first kappa shape index (κ1) is 16.7. The van der Waals surface area contributed by atoms with Gasteiger partial charge in [-0.2, -0.15) is 5.10 Å². The summed E-state index contributed by atoms with van der Waals surface area (Å²) in [6.07, 6.45) is 2.40. The predicted octanol–water partition coefficient (Wildman–Crippen LogP) is 3.30. The topological polar surface area (TPSA) is 97.0 Å². The lowest BCUT2D eigenvalue weighted by atomic mass is 10.1. The number of hydrogen-bond acceptors (Lipinski definition) is 5. The molecular weight excluding hydrogens is 344 g/mol. The summed E-state index contributed by atoms with van der Waals surface area (Å²) >= 11 is 0. The lowest BCUT2D eigenvalue weighted by molar-refractivity contribution is -0.123. The van der Waals surface area contributed by atoms with Gasteiger partial charge in [-0.15, -0.1) is 0 Å². The third-order valence-electron chi connectivity index (χ3n) is 4.23. The summed E-state index contributed by atoms with van der Waals surface area (Å²) in [6, 6.07) is 14.2. The molecule has 1 unspecified atom stereocenters. The average Bonchev–Trinajstić information content (AvgIpc) is 3.16. The molecule has 2 N–H and O–H groups in total.